The average molecular weight is 392 g/mol. The van der Waals surface area contributed by atoms with Crippen molar-refractivity contribution in [3.05, 3.63) is 39.6 Å². The summed E-state index contributed by atoms with van der Waals surface area (Å²) in [6.07, 6.45) is 4.80. The van der Waals surface area contributed by atoms with Gasteiger partial charge in [0.2, 0.25) is 0 Å². The third kappa shape index (κ3) is 2.41. The smallest absolute Gasteiger partial charge is 0.262 e. The van der Waals surface area contributed by atoms with Crippen LogP contribution >= 0.6 is 11.3 Å². The number of aromatic amines is 2. The molecule has 4 aromatic rings. The van der Waals surface area contributed by atoms with Crippen LogP contribution in [0.2, 0.25) is 0 Å². The largest absolute Gasteiger partial charge is 0.397 e. The summed E-state index contributed by atoms with van der Waals surface area (Å²) >= 11 is 1.46. The monoisotopic (exact) mass is 392 g/mol. The Kier molecular flexibility index (Phi) is 3.42. The fourth-order valence-electron chi connectivity index (χ4n) is 4.83. The van der Waals surface area contributed by atoms with Crippen LogP contribution in [0.4, 0.5) is 5.69 Å². The molecule has 5 N–H and O–H groups in total. The van der Waals surface area contributed by atoms with E-state index in [0.29, 0.717) is 40.7 Å². The molecule has 0 spiro atoms. The lowest BCUT2D eigenvalue weighted by Gasteiger charge is -2.28. The molecule has 0 aromatic carbocycles. The second kappa shape index (κ2) is 5.89. The zero-order valence-corrected chi connectivity index (χ0v) is 16.0. The lowest BCUT2D eigenvalue weighted by atomic mass is 9.89. The Balaban J connectivity index is 1.43. The minimum absolute atomic E-state index is 0.235. The number of hydrogen-bond acceptors (Lipinski definition) is 6. The van der Waals surface area contributed by atoms with Gasteiger partial charge in [-0.25, -0.2) is 9.97 Å². The van der Waals surface area contributed by atoms with Crippen molar-refractivity contribution in [3.8, 4) is 11.4 Å². The number of nitrogens with two attached hydrogens (primary N) is 1. The predicted molar refractivity (Wildman–Crippen MR) is 112 cm³/mol. The van der Waals surface area contributed by atoms with Gasteiger partial charge in [0, 0.05) is 29.1 Å². The van der Waals surface area contributed by atoms with Crippen molar-refractivity contribution in [3.63, 3.8) is 0 Å². The molecule has 0 radical (unpaired) electrons. The third-order valence-corrected chi connectivity index (χ3v) is 7.00. The fraction of sp³-hybridized carbons (Fsp3) is 0.350. The number of rotatable bonds is 2. The Morgan fingerprint density at radius 2 is 1.89 bits per heavy atom. The van der Waals surface area contributed by atoms with Crippen LogP contribution in [-0.2, 0) is 0 Å². The number of pyridine rings is 2. The molecule has 0 amide bonds. The Morgan fingerprint density at radius 3 is 2.71 bits per heavy atom. The molecule has 2 aliphatic heterocycles. The van der Waals surface area contributed by atoms with Crippen molar-refractivity contribution < 1.29 is 0 Å². The number of nitrogens with one attached hydrogen (secondary N) is 3. The second-order valence-corrected chi connectivity index (χ2v) is 8.82. The van der Waals surface area contributed by atoms with E-state index >= 15 is 0 Å². The summed E-state index contributed by atoms with van der Waals surface area (Å²) < 4.78 is 0. The zero-order chi connectivity index (χ0) is 18.8. The number of hydrogen-bond donors (Lipinski definition) is 4. The number of imidazole rings is 1. The molecule has 7 nitrogen and oxygen atoms in total. The molecule has 142 valence electrons. The third-order valence-electron chi connectivity index (χ3n) is 6.17. The van der Waals surface area contributed by atoms with Crippen molar-refractivity contribution in [2.75, 3.05) is 5.73 Å². The van der Waals surface area contributed by atoms with Crippen LogP contribution in [0.5, 0.6) is 0 Å². The summed E-state index contributed by atoms with van der Waals surface area (Å²) in [5.74, 6) is 0.941. The summed E-state index contributed by atoms with van der Waals surface area (Å²) in [6, 6.07) is 7.26. The molecule has 4 aromatic heterocycles. The highest BCUT2D eigenvalue weighted by atomic mass is 32.1. The highest BCUT2D eigenvalue weighted by molar-refractivity contribution is 7.16. The lowest BCUT2D eigenvalue weighted by molar-refractivity contribution is 0.359. The summed E-state index contributed by atoms with van der Waals surface area (Å²) in [4.78, 5) is 29.0. The second-order valence-electron chi connectivity index (χ2n) is 7.91. The zero-order valence-electron chi connectivity index (χ0n) is 15.2. The number of anilines is 1. The highest BCUT2D eigenvalue weighted by Gasteiger charge is 2.34. The Bertz CT molecular complexity index is 1260. The minimum Gasteiger partial charge on any atom is -0.397 e. The predicted octanol–water partition coefficient (Wildman–Crippen LogP) is 3.11. The first-order valence-electron chi connectivity index (χ1n) is 9.68. The van der Waals surface area contributed by atoms with Crippen LogP contribution in [0.25, 0.3) is 32.8 Å². The first-order chi connectivity index (χ1) is 13.7. The number of nitrogens with zero attached hydrogens (tertiary/aromatic N) is 2. The van der Waals surface area contributed by atoms with Gasteiger partial charge in [0.15, 0.2) is 5.65 Å². The molecule has 2 bridgehead atoms. The van der Waals surface area contributed by atoms with E-state index in [1.807, 2.05) is 17.5 Å². The van der Waals surface area contributed by atoms with Crippen LogP contribution in [0.3, 0.4) is 0 Å². The number of H-pyrrole nitrogens is 2. The van der Waals surface area contributed by atoms with Gasteiger partial charge in [-0.1, -0.05) is 0 Å². The molecule has 2 atom stereocenters. The summed E-state index contributed by atoms with van der Waals surface area (Å²) in [7, 11) is 0. The fourth-order valence-corrected chi connectivity index (χ4v) is 5.62. The van der Waals surface area contributed by atoms with Crippen molar-refractivity contribution in [1.82, 2.24) is 25.3 Å². The van der Waals surface area contributed by atoms with Gasteiger partial charge in [0.25, 0.3) is 5.56 Å². The van der Waals surface area contributed by atoms with Crippen molar-refractivity contribution in [1.29, 1.82) is 0 Å². The van der Waals surface area contributed by atoms with Gasteiger partial charge in [0.1, 0.15) is 16.2 Å². The quantitative estimate of drug-likeness (QED) is 0.419. The van der Waals surface area contributed by atoms with Crippen molar-refractivity contribution in [2.45, 2.75) is 43.7 Å². The molecule has 2 unspecified atom stereocenters. The number of fused-ring (bicyclic) bond motifs is 4. The van der Waals surface area contributed by atoms with E-state index in [0.717, 1.165) is 34.3 Å². The topological polar surface area (TPSA) is 112 Å². The first-order valence-corrected chi connectivity index (χ1v) is 10.6. The molecule has 28 heavy (non-hydrogen) atoms. The number of nitrogen functional groups attached to an aromatic ring is 1. The number of thiophene rings is 1. The molecule has 0 saturated carbocycles. The van der Waals surface area contributed by atoms with Gasteiger partial charge in [-0.3, -0.25) is 4.79 Å². The van der Waals surface area contributed by atoms with Crippen molar-refractivity contribution >= 4 is 38.4 Å². The van der Waals surface area contributed by atoms with Crippen LogP contribution in [-0.4, -0.2) is 32.0 Å². The maximum absolute atomic E-state index is 12.6. The molecular weight excluding hydrogens is 372 g/mol. The Labute approximate surface area is 164 Å². The van der Waals surface area contributed by atoms with Crippen molar-refractivity contribution in [2.24, 2.45) is 0 Å². The minimum atomic E-state index is -0.235. The first kappa shape index (κ1) is 16.3. The molecule has 6 rings (SSSR count). The summed E-state index contributed by atoms with van der Waals surface area (Å²) in [5, 5.41) is 6.44. The molecule has 2 fully saturated rings. The van der Waals surface area contributed by atoms with Gasteiger partial charge in [-0.2, -0.15) is 0 Å². The van der Waals surface area contributed by atoms with E-state index < -0.39 is 0 Å². The van der Waals surface area contributed by atoms with E-state index in [1.54, 1.807) is 0 Å². The van der Waals surface area contributed by atoms with Gasteiger partial charge in [-0.15, -0.1) is 11.3 Å². The molecule has 0 aliphatic carbocycles. The molecule has 6 heterocycles. The molecular formula is C20H20N6OS. The summed E-state index contributed by atoms with van der Waals surface area (Å²) in [5.41, 5.74) is 9.46. The van der Waals surface area contributed by atoms with Gasteiger partial charge < -0.3 is 21.0 Å². The standard InChI is InChI=1S/C20H20N6OS/c21-16-12-5-6-28-20(12)26-19(27)15(16)18-24-14-4-3-13(23-17(14)25-18)9-7-10-1-2-11(8-9)22-10/h3-6,9-11,22H,1-2,7-8H2,(H3,21,26,27)(H,23,24,25). The van der Waals surface area contributed by atoms with E-state index in [2.05, 4.69) is 26.3 Å². The SMILES string of the molecule is Nc1c(-c2nc3nc(C4CC5CCC(C4)N5)ccc3[nH]2)c(=O)[nH]c2sccc12. The van der Waals surface area contributed by atoms with E-state index in [1.165, 1.54) is 24.2 Å². The normalized spacial score (nSPS) is 24.4. The van der Waals surface area contributed by atoms with Crippen LogP contribution in [0, 0.1) is 0 Å². The lowest BCUT2D eigenvalue weighted by Crippen LogP contribution is -2.37. The van der Waals surface area contributed by atoms with Crippen LogP contribution < -0.4 is 16.6 Å². The van der Waals surface area contributed by atoms with Crippen LogP contribution in [0.1, 0.15) is 37.3 Å². The van der Waals surface area contributed by atoms with Gasteiger partial charge in [0.05, 0.1) is 11.2 Å². The summed E-state index contributed by atoms with van der Waals surface area (Å²) in [6.45, 7) is 0. The Morgan fingerprint density at radius 1 is 1.07 bits per heavy atom. The van der Waals surface area contributed by atoms with E-state index in [4.69, 9.17) is 10.7 Å². The average Bonchev–Trinajstić information content (AvgIpc) is 3.39. The number of piperidine rings is 1. The highest BCUT2D eigenvalue weighted by Crippen LogP contribution is 2.37. The molecule has 2 saturated heterocycles. The Hall–Kier alpha value is -2.71. The van der Waals surface area contributed by atoms with Crippen LogP contribution in [0.15, 0.2) is 28.4 Å². The maximum Gasteiger partial charge on any atom is 0.262 e. The van der Waals surface area contributed by atoms with Gasteiger partial charge in [-0.05, 0) is 49.3 Å². The molecule has 2 aliphatic rings. The maximum atomic E-state index is 12.6. The van der Waals surface area contributed by atoms with E-state index in [9.17, 15) is 4.79 Å². The van der Waals surface area contributed by atoms with E-state index in [-0.39, 0.29) is 5.56 Å². The van der Waals surface area contributed by atoms with Gasteiger partial charge >= 0.3 is 0 Å². The number of aromatic nitrogens is 4. The molecule has 8 heteroatoms.